The summed E-state index contributed by atoms with van der Waals surface area (Å²) >= 11 is 0. The average molecular weight is 302 g/mol. The van der Waals surface area contributed by atoms with Gasteiger partial charge in [0.05, 0.1) is 16.7 Å². The van der Waals surface area contributed by atoms with Crippen LogP contribution in [-0.4, -0.2) is 9.38 Å². The van der Waals surface area contributed by atoms with Gasteiger partial charge in [0.2, 0.25) is 0 Å². The third-order valence-electron chi connectivity index (χ3n) is 3.90. The van der Waals surface area contributed by atoms with E-state index in [-0.39, 0.29) is 5.82 Å². The van der Waals surface area contributed by atoms with Gasteiger partial charge in [-0.15, -0.1) is 0 Å². The number of nitrogens with two attached hydrogens (primary N) is 1. The fourth-order valence-corrected chi connectivity index (χ4v) is 2.77. The predicted octanol–water partition coefficient (Wildman–Crippen LogP) is 3.75. The molecule has 0 bridgehead atoms. The van der Waals surface area contributed by atoms with E-state index in [2.05, 4.69) is 11.1 Å². The molecule has 2 aromatic heterocycles. The minimum atomic E-state index is -0.318. The lowest BCUT2D eigenvalue weighted by atomic mass is 10.0. The fourth-order valence-electron chi connectivity index (χ4n) is 2.77. The van der Waals surface area contributed by atoms with E-state index in [1.807, 2.05) is 34.9 Å². The normalized spacial score (nSPS) is 11.0. The van der Waals surface area contributed by atoms with E-state index in [1.54, 1.807) is 12.1 Å². The topological polar surface area (TPSA) is 67.1 Å². The first-order valence-electron chi connectivity index (χ1n) is 7.04. The summed E-state index contributed by atoms with van der Waals surface area (Å²) in [5.74, 6) is -0.318. The third-order valence-corrected chi connectivity index (χ3v) is 3.90. The van der Waals surface area contributed by atoms with Gasteiger partial charge in [-0.05, 0) is 29.8 Å². The molecule has 0 saturated heterocycles. The SMILES string of the molecule is N#Cc1c(N)c(-c2ccc(F)cc2)cn2c1nc1ccccc12. The van der Waals surface area contributed by atoms with Gasteiger partial charge in [-0.2, -0.15) is 5.26 Å². The molecule has 0 atom stereocenters. The highest BCUT2D eigenvalue weighted by Crippen LogP contribution is 2.32. The van der Waals surface area contributed by atoms with E-state index in [0.29, 0.717) is 22.5 Å². The lowest BCUT2D eigenvalue weighted by Gasteiger charge is -2.10. The molecule has 2 aromatic carbocycles. The molecule has 0 aliphatic rings. The van der Waals surface area contributed by atoms with Gasteiger partial charge < -0.3 is 5.73 Å². The standard InChI is InChI=1S/C18H11FN4/c19-12-7-5-11(6-8-12)14-10-23-16-4-2-1-3-15(16)22-18(23)13(9-20)17(14)21/h1-8,10H,21H2. The monoisotopic (exact) mass is 302 g/mol. The molecule has 2 N–H and O–H groups in total. The van der Waals surface area contributed by atoms with E-state index < -0.39 is 0 Å². The summed E-state index contributed by atoms with van der Waals surface area (Å²) in [7, 11) is 0. The number of fused-ring (bicyclic) bond motifs is 3. The van der Waals surface area contributed by atoms with Gasteiger partial charge in [0.1, 0.15) is 17.4 Å². The molecule has 5 heteroatoms. The number of imidazole rings is 1. The lowest BCUT2D eigenvalue weighted by molar-refractivity contribution is 0.628. The number of halogens is 1. The second kappa shape index (κ2) is 4.82. The Morgan fingerprint density at radius 1 is 1.09 bits per heavy atom. The van der Waals surface area contributed by atoms with Gasteiger partial charge >= 0.3 is 0 Å². The average Bonchev–Trinajstić information content (AvgIpc) is 2.93. The second-order valence-electron chi connectivity index (χ2n) is 5.24. The first-order chi connectivity index (χ1) is 11.2. The van der Waals surface area contributed by atoms with Crippen LogP contribution in [0.25, 0.3) is 27.8 Å². The van der Waals surface area contributed by atoms with Gasteiger partial charge in [0, 0.05) is 11.8 Å². The van der Waals surface area contributed by atoms with Crippen molar-refractivity contribution in [1.29, 1.82) is 5.26 Å². The van der Waals surface area contributed by atoms with E-state index in [1.165, 1.54) is 12.1 Å². The van der Waals surface area contributed by atoms with E-state index >= 15 is 0 Å². The van der Waals surface area contributed by atoms with Crippen LogP contribution in [0.1, 0.15) is 5.56 Å². The van der Waals surface area contributed by atoms with Crippen molar-refractivity contribution in [3.63, 3.8) is 0 Å². The molecule has 0 unspecified atom stereocenters. The van der Waals surface area contributed by atoms with Crippen molar-refractivity contribution in [3.8, 4) is 17.2 Å². The molecule has 4 rings (SSSR count). The minimum Gasteiger partial charge on any atom is -0.397 e. The molecule has 0 amide bonds. The second-order valence-corrected chi connectivity index (χ2v) is 5.24. The lowest BCUT2D eigenvalue weighted by Crippen LogP contribution is -2.00. The highest BCUT2D eigenvalue weighted by molar-refractivity contribution is 5.90. The van der Waals surface area contributed by atoms with E-state index in [0.717, 1.165) is 16.6 Å². The zero-order chi connectivity index (χ0) is 16.0. The molecule has 0 spiro atoms. The number of aromatic nitrogens is 2. The molecule has 110 valence electrons. The molecule has 0 fully saturated rings. The Morgan fingerprint density at radius 2 is 1.83 bits per heavy atom. The quantitative estimate of drug-likeness (QED) is 0.582. The first kappa shape index (κ1) is 13.3. The molecule has 0 aliphatic heterocycles. The summed E-state index contributed by atoms with van der Waals surface area (Å²) in [6, 6.07) is 15.8. The van der Waals surface area contributed by atoms with Crippen molar-refractivity contribution < 1.29 is 4.39 Å². The maximum atomic E-state index is 13.2. The molecule has 0 radical (unpaired) electrons. The predicted molar refractivity (Wildman–Crippen MR) is 87.2 cm³/mol. The van der Waals surface area contributed by atoms with E-state index in [9.17, 15) is 9.65 Å². The zero-order valence-electron chi connectivity index (χ0n) is 12.0. The molecule has 23 heavy (non-hydrogen) atoms. The van der Waals surface area contributed by atoms with Gasteiger partial charge in [-0.1, -0.05) is 24.3 Å². The summed E-state index contributed by atoms with van der Waals surface area (Å²) in [5.41, 5.74) is 10.5. The van der Waals surface area contributed by atoms with Gasteiger partial charge in [-0.3, -0.25) is 4.40 Å². The molecule has 2 heterocycles. The number of anilines is 1. The fraction of sp³-hybridized carbons (Fsp3) is 0. The summed E-state index contributed by atoms with van der Waals surface area (Å²) in [5, 5.41) is 9.51. The van der Waals surface area contributed by atoms with E-state index in [4.69, 9.17) is 5.73 Å². The maximum absolute atomic E-state index is 13.2. The van der Waals surface area contributed by atoms with Crippen molar-refractivity contribution in [1.82, 2.24) is 9.38 Å². The number of hydrogen-bond acceptors (Lipinski definition) is 3. The highest BCUT2D eigenvalue weighted by Gasteiger charge is 2.16. The smallest absolute Gasteiger partial charge is 0.158 e. The Hall–Kier alpha value is -3.39. The number of nitriles is 1. The van der Waals surface area contributed by atoms with Gasteiger partial charge in [-0.25, -0.2) is 9.37 Å². The van der Waals surface area contributed by atoms with Crippen molar-refractivity contribution in [2.45, 2.75) is 0 Å². The number of nitrogen functional groups attached to an aromatic ring is 1. The Balaban J connectivity index is 2.13. The number of nitrogens with zero attached hydrogens (tertiary/aromatic N) is 3. The molecule has 0 saturated carbocycles. The van der Waals surface area contributed by atoms with Gasteiger partial charge in [0.25, 0.3) is 0 Å². The van der Waals surface area contributed by atoms with Crippen LogP contribution in [0.3, 0.4) is 0 Å². The van der Waals surface area contributed by atoms with Crippen molar-refractivity contribution in [2.24, 2.45) is 0 Å². The zero-order valence-corrected chi connectivity index (χ0v) is 12.0. The van der Waals surface area contributed by atoms with Crippen LogP contribution in [0.5, 0.6) is 0 Å². The minimum absolute atomic E-state index is 0.318. The molecule has 4 aromatic rings. The number of para-hydroxylation sites is 2. The summed E-state index contributed by atoms with van der Waals surface area (Å²) in [6.07, 6.45) is 1.84. The molecule has 4 nitrogen and oxygen atoms in total. The van der Waals surface area contributed by atoms with Crippen LogP contribution in [0.15, 0.2) is 54.7 Å². The van der Waals surface area contributed by atoms with Crippen LogP contribution >= 0.6 is 0 Å². The molecular formula is C18H11FN4. The van der Waals surface area contributed by atoms with Crippen LogP contribution in [0, 0.1) is 17.1 Å². The summed E-state index contributed by atoms with van der Waals surface area (Å²) in [6.45, 7) is 0. The Kier molecular flexibility index (Phi) is 2.78. The van der Waals surface area contributed by atoms with Gasteiger partial charge in [0.15, 0.2) is 5.65 Å². The Bertz CT molecular complexity index is 1090. The summed E-state index contributed by atoms with van der Waals surface area (Å²) < 4.78 is 15.0. The summed E-state index contributed by atoms with van der Waals surface area (Å²) in [4.78, 5) is 4.50. The Labute approximate surface area is 131 Å². The van der Waals surface area contributed by atoms with Crippen molar-refractivity contribution >= 4 is 22.4 Å². The number of rotatable bonds is 1. The first-order valence-corrected chi connectivity index (χ1v) is 7.04. The van der Waals surface area contributed by atoms with Crippen LogP contribution in [-0.2, 0) is 0 Å². The van der Waals surface area contributed by atoms with Crippen LogP contribution < -0.4 is 5.73 Å². The highest BCUT2D eigenvalue weighted by atomic mass is 19.1. The largest absolute Gasteiger partial charge is 0.397 e. The number of pyridine rings is 1. The van der Waals surface area contributed by atoms with Crippen LogP contribution in [0.4, 0.5) is 10.1 Å². The number of benzene rings is 2. The molecular weight excluding hydrogens is 291 g/mol. The number of hydrogen-bond donors (Lipinski definition) is 1. The molecule has 0 aliphatic carbocycles. The van der Waals surface area contributed by atoms with Crippen molar-refractivity contribution in [2.75, 3.05) is 5.73 Å². The van der Waals surface area contributed by atoms with Crippen molar-refractivity contribution in [3.05, 3.63) is 66.1 Å². The maximum Gasteiger partial charge on any atom is 0.158 e. The Morgan fingerprint density at radius 3 is 2.57 bits per heavy atom. The van der Waals surface area contributed by atoms with Crippen LogP contribution in [0.2, 0.25) is 0 Å². The third kappa shape index (κ3) is 1.93.